The summed E-state index contributed by atoms with van der Waals surface area (Å²) in [4.78, 5) is 26.3. The number of carbonyl (C=O) groups excluding carboxylic acids is 2. The third-order valence-electron chi connectivity index (χ3n) is 1.93. The Morgan fingerprint density at radius 2 is 1.39 bits per heavy atom. The van der Waals surface area contributed by atoms with Gasteiger partial charge >= 0.3 is 0 Å². The molecule has 1 rings (SSSR count). The van der Waals surface area contributed by atoms with Crippen LogP contribution in [0.1, 0.15) is 26.7 Å². The number of rotatable bonds is 4. The highest BCUT2D eigenvalue weighted by atomic mass is 16.2. The molecule has 0 aliphatic carbocycles. The number of hydrogen-bond acceptors (Lipinski definition) is 3. The van der Waals surface area contributed by atoms with Crippen LogP contribution in [0.5, 0.6) is 0 Å². The number of nitrogens with zero attached hydrogens (tertiary/aromatic N) is 1. The molecule has 0 atom stereocenters. The van der Waals surface area contributed by atoms with Crippen molar-refractivity contribution in [2.24, 2.45) is 0 Å². The number of nitrogens with one attached hydrogen (secondary N) is 2. The fraction of sp³-hybridized carbons (Fsp3) is 0.364. The van der Waals surface area contributed by atoms with Gasteiger partial charge in [0.1, 0.15) is 11.6 Å². The molecule has 0 aliphatic heterocycles. The molecular formula is C11H19N3O4. The SMILES string of the molecule is CCC(=O)Nc1cccc(NC(=O)CC)n1.O.O. The molecule has 0 fully saturated rings. The summed E-state index contributed by atoms with van der Waals surface area (Å²) in [6, 6.07) is 5.08. The number of anilines is 2. The summed E-state index contributed by atoms with van der Waals surface area (Å²) < 4.78 is 0. The van der Waals surface area contributed by atoms with Gasteiger partial charge in [-0.15, -0.1) is 0 Å². The van der Waals surface area contributed by atoms with E-state index in [1.165, 1.54) is 0 Å². The van der Waals surface area contributed by atoms with Crippen LogP contribution in [-0.2, 0) is 9.59 Å². The average molecular weight is 257 g/mol. The summed E-state index contributed by atoms with van der Waals surface area (Å²) >= 11 is 0. The fourth-order valence-electron chi connectivity index (χ4n) is 1.04. The van der Waals surface area contributed by atoms with Gasteiger partial charge in [-0.3, -0.25) is 9.59 Å². The first-order valence-corrected chi connectivity index (χ1v) is 5.22. The molecule has 6 N–H and O–H groups in total. The van der Waals surface area contributed by atoms with Crippen molar-refractivity contribution in [3.8, 4) is 0 Å². The Balaban J connectivity index is 0. The second-order valence-corrected chi connectivity index (χ2v) is 3.21. The van der Waals surface area contributed by atoms with Crippen LogP contribution in [-0.4, -0.2) is 27.8 Å². The van der Waals surface area contributed by atoms with Gasteiger partial charge in [-0.2, -0.15) is 0 Å². The van der Waals surface area contributed by atoms with E-state index in [0.29, 0.717) is 24.5 Å². The average Bonchev–Trinajstić information content (AvgIpc) is 2.29. The normalized spacial score (nSPS) is 8.56. The van der Waals surface area contributed by atoms with Crippen LogP contribution in [0.25, 0.3) is 0 Å². The minimum Gasteiger partial charge on any atom is -0.412 e. The van der Waals surface area contributed by atoms with E-state index in [0.717, 1.165) is 0 Å². The second-order valence-electron chi connectivity index (χ2n) is 3.21. The molecule has 0 saturated heterocycles. The monoisotopic (exact) mass is 257 g/mol. The van der Waals surface area contributed by atoms with Crippen molar-refractivity contribution in [3.63, 3.8) is 0 Å². The van der Waals surface area contributed by atoms with Gasteiger partial charge < -0.3 is 21.6 Å². The van der Waals surface area contributed by atoms with Crippen molar-refractivity contribution in [2.45, 2.75) is 26.7 Å². The molecule has 1 aromatic rings. The zero-order chi connectivity index (χ0) is 12.0. The quantitative estimate of drug-likeness (QED) is 0.793. The van der Waals surface area contributed by atoms with Gasteiger partial charge in [-0.1, -0.05) is 19.9 Å². The molecule has 0 unspecified atom stereocenters. The lowest BCUT2D eigenvalue weighted by Crippen LogP contribution is -2.14. The van der Waals surface area contributed by atoms with Gasteiger partial charge in [0.05, 0.1) is 0 Å². The zero-order valence-electron chi connectivity index (χ0n) is 10.4. The van der Waals surface area contributed by atoms with Crippen molar-refractivity contribution in [3.05, 3.63) is 18.2 Å². The summed E-state index contributed by atoms with van der Waals surface area (Å²) in [7, 11) is 0. The minimum absolute atomic E-state index is 0. The van der Waals surface area contributed by atoms with Gasteiger partial charge in [0.15, 0.2) is 0 Å². The number of carbonyl (C=O) groups is 2. The summed E-state index contributed by atoms with van der Waals surface area (Å²) in [5.74, 6) is 0.680. The van der Waals surface area contributed by atoms with E-state index in [4.69, 9.17) is 0 Å². The largest absolute Gasteiger partial charge is 0.412 e. The number of hydrogen-bond donors (Lipinski definition) is 2. The van der Waals surface area contributed by atoms with Crippen molar-refractivity contribution >= 4 is 23.5 Å². The minimum atomic E-state index is -0.105. The molecule has 0 aliphatic rings. The van der Waals surface area contributed by atoms with Gasteiger partial charge in [0, 0.05) is 12.8 Å². The van der Waals surface area contributed by atoms with Crippen LogP contribution in [0.3, 0.4) is 0 Å². The van der Waals surface area contributed by atoms with E-state index in [1.54, 1.807) is 32.0 Å². The first kappa shape index (κ1) is 18.4. The molecule has 0 bridgehead atoms. The Labute approximate surface area is 105 Å². The summed E-state index contributed by atoms with van der Waals surface area (Å²) in [6.07, 6.45) is 0.792. The third kappa shape index (κ3) is 5.92. The Morgan fingerprint density at radius 1 is 1.00 bits per heavy atom. The first-order valence-electron chi connectivity index (χ1n) is 5.22. The van der Waals surface area contributed by atoms with Crippen molar-refractivity contribution in [1.29, 1.82) is 0 Å². The number of aromatic nitrogens is 1. The molecule has 7 nitrogen and oxygen atoms in total. The lowest BCUT2D eigenvalue weighted by atomic mass is 10.4. The van der Waals surface area contributed by atoms with Crippen molar-refractivity contribution in [2.75, 3.05) is 10.6 Å². The summed E-state index contributed by atoms with van der Waals surface area (Å²) in [6.45, 7) is 3.52. The second kappa shape index (κ2) is 9.08. The highest BCUT2D eigenvalue weighted by Gasteiger charge is 2.03. The van der Waals surface area contributed by atoms with E-state index < -0.39 is 0 Å². The Morgan fingerprint density at radius 3 is 1.72 bits per heavy atom. The summed E-state index contributed by atoms with van der Waals surface area (Å²) in [5.41, 5.74) is 0. The highest BCUT2D eigenvalue weighted by molar-refractivity contribution is 5.91. The van der Waals surface area contributed by atoms with Crippen LogP contribution in [0, 0.1) is 0 Å². The zero-order valence-corrected chi connectivity index (χ0v) is 10.4. The molecule has 0 spiro atoms. The highest BCUT2D eigenvalue weighted by Crippen LogP contribution is 2.09. The van der Waals surface area contributed by atoms with E-state index in [9.17, 15) is 9.59 Å². The van der Waals surface area contributed by atoms with Gasteiger partial charge in [-0.25, -0.2) is 4.98 Å². The standard InChI is InChI=1S/C11H15N3O2.2H2O/c1-3-10(15)13-8-6-5-7-9(12-8)14-11(16)4-2;;/h5-7H,3-4H2,1-2H3,(H2,12,13,14,15,16);2*1H2. The van der Waals surface area contributed by atoms with Crippen LogP contribution < -0.4 is 10.6 Å². The lowest BCUT2D eigenvalue weighted by Gasteiger charge is -2.06. The van der Waals surface area contributed by atoms with Crippen LogP contribution >= 0.6 is 0 Å². The maximum atomic E-state index is 11.1. The van der Waals surface area contributed by atoms with Gasteiger partial charge in [0.2, 0.25) is 11.8 Å². The third-order valence-corrected chi connectivity index (χ3v) is 1.93. The summed E-state index contributed by atoms with van der Waals surface area (Å²) in [5, 5.41) is 5.24. The molecule has 7 heteroatoms. The smallest absolute Gasteiger partial charge is 0.225 e. The molecule has 18 heavy (non-hydrogen) atoms. The van der Waals surface area contributed by atoms with Crippen LogP contribution in [0.2, 0.25) is 0 Å². The Bertz CT molecular complexity index is 362. The van der Waals surface area contributed by atoms with Crippen LogP contribution in [0.4, 0.5) is 11.6 Å². The fourth-order valence-corrected chi connectivity index (χ4v) is 1.04. The molecule has 102 valence electrons. The first-order chi connectivity index (χ1) is 7.65. The predicted molar refractivity (Wildman–Crippen MR) is 69.3 cm³/mol. The Kier molecular flexibility index (Phi) is 9.27. The van der Waals surface area contributed by atoms with Crippen molar-refractivity contribution < 1.29 is 20.5 Å². The molecular weight excluding hydrogens is 238 g/mol. The lowest BCUT2D eigenvalue weighted by molar-refractivity contribution is -0.116. The maximum Gasteiger partial charge on any atom is 0.225 e. The molecule has 0 radical (unpaired) electrons. The molecule has 0 saturated carbocycles. The molecule has 1 heterocycles. The number of amides is 2. The van der Waals surface area contributed by atoms with E-state index in [-0.39, 0.29) is 22.8 Å². The topological polar surface area (TPSA) is 134 Å². The number of pyridine rings is 1. The molecule has 2 amide bonds. The maximum absolute atomic E-state index is 11.1. The molecule has 1 aromatic heterocycles. The van der Waals surface area contributed by atoms with Crippen molar-refractivity contribution in [1.82, 2.24) is 4.98 Å². The Hall–Kier alpha value is -1.99. The van der Waals surface area contributed by atoms with E-state index >= 15 is 0 Å². The molecule has 0 aromatic carbocycles. The van der Waals surface area contributed by atoms with Gasteiger partial charge in [-0.05, 0) is 12.1 Å². The van der Waals surface area contributed by atoms with E-state index in [2.05, 4.69) is 15.6 Å². The predicted octanol–water partition coefficient (Wildman–Crippen LogP) is 0.129. The van der Waals surface area contributed by atoms with E-state index in [1.807, 2.05) is 0 Å². The van der Waals surface area contributed by atoms with Gasteiger partial charge in [0.25, 0.3) is 0 Å². The van der Waals surface area contributed by atoms with Crippen LogP contribution in [0.15, 0.2) is 18.2 Å².